The minimum atomic E-state index is -0.216. The van der Waals surface area contributed by atoms with E-state index in [1.807, 2.05) is 6.07 Å². The zero-order chi connectivity index (χ0) is 14.5. The molecule has 0 bridgehead atoms. The van der Waals surface area contributed by atoms with Crippen LogP contribution in [0.1, 0.15) is 29.7 Å². The maximum Gasteiger partial charge on any atom is 0.124 e. The molecule has 0 heterocycles. The van der Waals surface area contributed by atoms with E-state index in [0.717, 1.165) is 23.0 Å². The Morgan fingerprint density at radius 3 is 2.60 bits per heavy atom. The predicted octanol–water partition coefficient (Wildman–Crippen LogP) is 4.79. The molecule has 2 aromatic rings. The van der Waals surface area contributed by atoms with Gasteiger partial charge in [0.1, 0.15) is 5.82 Å². The fourth-order valence-corrected chi connectivity index (χ4v) is 3.01. The maximum absolute atomic E-state index is 13.2. The summed E-state index contributed by atoms with van der Waals surface area (Å²) in [7, 11) is 0. The van der Waals surface area contributed by atoms with Crippen molar-refractivity contribution >= 4 is 15.9 Å². The summed E-state index contributed by atoms with van der Waals surface area (Å²) in [4.78, 5) is 0. The van der Waals surface area contributed by atoms with Crippen LogP contribution in [0.3, 0.4) is 0 Å². The molecule has 0 saturated carbocycles. The summed E-state index contributed by atoms with van der Waals surface area (Å²) in [6.45, 7) is 5.08. The Hall–Kier alpha value is -1.19. The van der Waals surface area contributed by atoms with Crippen LogP contribution in [0.5, 0.6) is 0 Å². The van der Waals surface area contributed by atoms with Crippen molar-refractivity contribution in [2.24, 2.45) is 0 Å². The van der Waals surface area contributed by atoms with Crippen molar-refractivity contribution in [2.45, 2.75) is 26.3 Å². The van der Waals surface area contributed by atoms with Gasteiger partial charge in [0.25, 0.3) is 0 Å². The van der Waals surface area contributed by atoms with Crippen molar-refractivity contribution in [2.75, 3.05) is 6.54 Å². The molecule has 0 aliphatic carbocycles. The van der Waals surface area contributed by atoms with Gasteiger partial charge in [0, 0.05) is 10.5 Å². The minimum absolute atomic E-state index is 0.177. The molecule has 3 heteroatoms. The molecule has 106 valence electrons. The van der Waals surface area contributed by atoms with Crippen molar-refractivity contribution in [3.8, 4) is 0 Å². The van der Waals surface area contributed by atoms with E-state index in [1.54, 1.807) is 0 Å². The standard InChI is InChI=1S/C17H19BrFN/c1-3-20-17(10-13-7-5-4-6-12(13)2)15-9-8-14(19)11-16(15)18/h4-9,11,17,20H,3,10H2,1-2H3. The van der Waals surface area contributed by atoms with Crippen LogP contribution in [0.4, 0.5) is 4.39 Å². The Bertz CT molecular complexity index is 583. The number of halogens is 2. The van der Waals surface area contributed by atoms with Crippen LogP contribution in [0.15, 0.2) is 46.9 Å². The average molecular weight is 336 g/mol. The molecule has 0 aliphatic heterocycles. The number of hydrogen-bond acceptors (Lipinski definition) is 1. The molecule has 1 N–H and O–H groups in total. The number of aryl methyl sites for hydroxylation is 1. The summed E-state index contributed by atoms with van der Waals surface area (Å²) < 4.78 is 14.1. The molecule has 2 rings (SSSR count). The van der Waals surface area contributed by atoms with Crippen molar-refractivity contribution in [3.05, 3.63) is 69.4 Å². The molecule has 0 amide bonds. The lowest BCUT2D eigenvalue weighted by Crippen LogP contribution is -2.23. The topological polar surface area (TPSA) is 12.0 Å². The van der Waals surface area contributed by atoms with Crippen molar-refractivity contribution in [3.63, 3.8) is 0 Å². The smallest absolute Gasteiger partial charge is 0.124 e. The Morgan fingerprint density at radius 1 is 1.20 bits per heavy atom. The molecule has 0 fully saturated rings. The molecule has 0 saturated heterocycles. The Kier molecular flexibility index (Phi) is 5.32. The van der Waals surface area contributed by atoms with Crippen LogP contribution < -0.4 is 5.32 Å². The van der Waals surface area contributed by atoms with Crippen LogP contribution in [-0.2, 0) is 6.42 Å². The molecule has 20 heavy (non-hydrogen) atoms. The number of likely N-dealkylation sites (N-methyl/N-ethyl adjacent to an activating group) is 1. The first-order valence-electron chi connectivity index (χ1n) is 6.84. The third-order valence-corrected chi connectivity index (χ3v) is 4.16. The molecule has 0 radical (unpaired) electrons. The van der Waals surface area contributed by atoms with E-state index in [1.165, 1.54) is 23.3 Å². The summed E-state index contributed by atoms with van der Waals surface area (Å²) >= 11 is 3.47. The lowest BCUT2D eigenvalue weighted by molar-refractivity contribution is 0.544. The molecular formula is C17H19BrFN. The Balaban J connectivity index is 2.29. The van der Waals surface area contributed by atoms with Gasteiger partial charge in [-0.3, -0.25) is 0 Å². The molecule has 1 nitrogen and oxygen atoms in total. The highest BCUT2D eigenvalue weighted by molar-refractivity contribution is 9.10. The number of nitrogens with one attached hydrogen (secondary N) is 1. The first-order valence-corrected chi connectivity index (χ1v) is 7.64. The highest BCUT2D eigenvalue weighted by atomic mass is 79.9. The van der Waals surface area contributed by atoms with Gasteiger partial charge in [-0.05, 0) is 48.7 Å². The summed E-state index contributed by atoms with van der Waals surface area (Å²) in [6.07, 6.45) is 0.894. The Morgan fingerprint density at radius 2 is 1.95 bits per heavy atom. The summed E-state index contributed by atoms with van der Waals surface area (Å²) in [5.74, 6) is -0.216. The molecule has 0 spiro atoms. The molecule has 0 aliphatic rings. The highest BCUT2D eigenvalue weighted by Crippen LogP contribution is 2.27. The quantitative estimate of drug-likeness (QED) is 0.828. The third-order valence-electron chi connectivity index (χ3n) is 3.47. The van der Waals surface area contributed by atoms with E-state index in [2.05, 4.69) is 59.4 Å². The van der Waals surface area contributed by atoms with Gasteiger partial charge in [-0.25, -0.2) is 4.39 Å². The zero-order valence-corrected chi connectivity index (χ0v) is 13.4. The highest BCUT2D eigenvalue weighted by Gasteiger charge is 2.15. The second-order valence-corrected chi connectivity index (χ2v) is 5.76. The maximum atomic E-state index is 13.2. The summed E-state index contributed by atoms with van der Waals surface area (Å²) in [6, 6.07) is 13.5. The predicted molar refractivity (Wildman–Crippen MR) is 85.4 cm³/mol. The van der Waals surface area contributed by atoms with Gasteiger partial charge >= 0.3 is 0 Å². The SMILES string of the molecule is CCNC(Cc1ccccc1C)c1ccc(F)cc1Br. The van der Waals surface area contributed by atoms with Gasteiger partial charge in [0.2, 0.25) is 0 Å². The molecule has 2 aromatic carbocycles. The van der Waals surface area contributed by atoms with E-state index in [4.69, 9.17) is 0 Å². The number of hydrogen-bond donors (Lipinski definition) is 1. The molecule has 1 atom stereocenters. The monoisotopic (exact) mass is 335 g/mol. The first-order chi connectivity index (χ1) is 9.61. The zero-order valence-electron chi connectivity index (χ0n) is 11.8. The fourth-order valence-electron chi connectivity index (χ4n) is 2.38. The van der Waals surface area contributed by atoms with Crippen LogP contribution in [0.25, 0.3) is 0 Å². The van der Waals surface area contributed by atoms with E-state index in [-0.39, 0.29) is 11.9 Å². The van der Waals surface area contributed by atoms with Gasteiger partial charge in [0.15, 0.2) is 0 Å². The lowest BCUT2D eigenvalue weighted by atomic mass is 9.96. The second kappa shape index (κ2) is 7.00. The van der Waals surface area contributed by atoms with E-state index in [9.17, 15) is 4.39 Å². The van der Waals surface area contributed by atoms with Crippen LogP contribution in [0.2, 0.25) is 0 Å². The van der Waals surface area contributed by atoms with Crippen molar-refractivity contribution < 1.29 is 4.39 Å². The van der Waals surface area contributed by atoms with E-state index >= 15 is 0 Å². The molecule has 0 aromatic heterocycles. The third kappa shape index (κ3) is 3.68. The minimum Gasteiger partial charge on any atom is -0.310 e. The second-order valence-electron chi connectivity index (χ2n) is 4.91. The summed E-state index contributed by atoms with van der Waals surface area (Å²) in [5, 5.41) is 3.48. The van der Waals surface area contributed by atoms with Gasteiger partial charge in [-0.15, -0.1) is 0 Å². The average Bonchev–Trinajstić information content (AvgIpc) is 2.41. The Labute approximate surface area is 128 Å². The van der Waals surface area contributed by atoms with Crippen LogP contribution in [0, 0.1) is 12.7 Å². The number of benzene rings is 2. The first kappa shape index (κ1) is 15.2. The van der Waals surface area contributed by atoms with Crippen LogP contribution >= 0.6 is 15.9 Å². The molecule has 1 unspecified atom stereocenters. The lowest BCUT2D eigenvalue weighted by Gasteiger charge is -2.21. The van der Waals surface area contributed by atoms with Gasteiger partial charge in [0.05, 0.1) is 0 Å². The number of rotatable bonds is 5. The van der Waals surface area contributed by atoms with E-state index in [0.29, 0.717) is 0 Å². The van der Waals surface area contributed by atoms with Crippen LogP contribution in [-0.4, -0.2) is 6.54 Å². The largest absolute Gasteiger partial charge is 0.310 e. The van der Waals surface area contributed by atoms with E-state index < -0.39 is 0 Å². The van der Waals surface area contributed by atoms with Gasteiger partial charge in [-0.1, -0.05) is 53.2 Å². The fraction of sp³-hybridized carbons (Fsp3) is 0.294. The van der Waals surface area contributed by atoms with Gasteiger partial charge < -0.3 is 5.32 Å². The van der Waals surface area contributed by atoms with Gasteiger partial charge in [-0.2, -0.15) is 0 Å². The van der Waals surface area contributed by atoms with Crippen molar-refractivity contribution in [1.82, 2.24) is 5.32 Å². The van der Waals surface area contributed by atoms with Crippen molar-refractivity contribution in [1.29, 1.82) is 0 Å². The summed E-state index contributed by atoms with van der Waals surface area (Å²) in [5.41, 5.74) is 3.69. The normalized spacial score (nSPS) is 12.4. The molecular weight excluding hydrogens is 317 g/mol.